The highest BCUT2D eigenvalue weighted by Crippen LogP contribution is 2.21. The van der Waals surface area contributed by atoms with Gasteiger partial charge in [-0.15, -0.1) is 0 Å². The molecule has 96 valence electrons. The topological polar surface area (TPSA) is 66.0 Å². The summed E-state index contributed by atoms with van der Waals surface area (Å²) in [5, 5.41) is 3.92. The summed E-state index contributed by atoms with van der Waals surface area (Å²) in [6.45, 7) is 1.98. The number of benzene rings is 1. The fraction of sp³-hybridized carbons (Fsp3) is 0.333. The van der Waals surface area contributed by atoms with Crippen LogP contribution in [0.3, 0.4) is 0 Å². The van der Waals surface area contributed by atoms with E-state index in [4.69, 9.17) is 10.5 Å². The first-order valence-corrected chi connectivity index (χ1v) is 5.58. The minimum Gasteiger partial charge on any atom is -0.486 e. The van der Waals surface area contributed by atoms with Crippen molar-refractivity contribution in [3.63, 3.8) is 0 Å². The van der Waals surface area contributed by atoms with Gasteiger partial charge in [0.2, 0.25) is 0 Å². The summed E-state index contributed by atoms with van der Waals surface area (Å²) >= 11 is 0. The summed E-state index contributed by atoms with van der Waals surface area (Å²) in [5.74, 6) is 0.757. The Morgan fingerprint density at radius 1 is 1.50 bits per heavy atom. The number of nitrogens with two attached hydrogens (primary N) is 1. The highest BCUT2D eigenvalue weighted by molar-refractivity contribution is 5.30. The van der Waals surface area contributed by atoms with Gasteiger partial charge in [0.1, 0.15) is 24.5 Å². The molecular weight excluding hydrogens is 235 g/mol. The SMILES string of the molecule is C[C@H](N)c1ccc(OCc2ncnn2C)cc1F. The van der Waals surface area contributed by atoms with E-state index < -0.39 is 0 Å². The Morgan fingerprint density at radius 3 is 2.83 bits per heavy atom. The van der Waals surface area contributed by atoms with Crippen LogP contribution in [0.5, 0.6) is 5.75 Å². The average molecular weight is 250 g/mol. The summed E-state index contributed by atoms with van der Waals surface area (Å²) in [7, 11) is 1.77. The third kappa shape index (κ3) is 2.65. The number of rotatable bonds is 4. The Kier molecular flexibility index (Phi) is 3.57. The first-order valence-electron chi connectivity index (χ1n) is 5.58. The maximum atomic E-state index is 13.7. The van der Waals surface area contributed by atoms with E-state index in [1.807, 2.05) is 0 Å². The van der Waals surface area contributed by atoms with E-state index in [0.29, 0.717) is 17.1 Å². The van der Waals surface area contributed by atoms with Crippen molar-refractivity contribution in [1.29, 1.82) is 0 Å². The van der Waals surface area contributed by atoms with E-state index in [-0.39, 0.29) is 18.5 Å². The van der Waals surface area contributed by atoms with Gasteiger partial charge in [0, 0.05) is 24.7 Å². The van der Waals surface area contributed by atoms with Gasteiger partial charge in [-0.05, 0) is 13.0 Å². The highest BCUT2D eigenvalue weighted by Gasteiger charge is 2.09. The van der Waals surface area contributed by atoms with Crippen molar-refractivity contribution in [2.75, 3.05) is 0 Å². The summed E-state index contributed by atoms with van der Waals surface area (Å²) < 4.78 is 20.7. The Morgan fingerprint density at radius 2 is 2.28 bits per heavy atom. The first kappa shape index (κ1) is 12.5. The molecule has 5 nitrogen and oxygen atoms in total. The van der Waals surface area contributed by atoms with Crippen molar-refractivity contribution in [1.82, 2.24) is 14.8 Å². The summed E-state index contributed by atoms with van der Waals surface area (Å²) in [5.41, 5.74) is 6.11. The van der Waals surface area contributed by atoms with Gasteiger partial charge in [0.15, 0.2) is 5.82 Å². The van der Waals surface area contributed by atoms with Gasteiger partial charge in [-0.1, -0.05) is 6.07 Å². The van der Waals surface area contributed by atoms with Crippen LogP contribution < -0.4 is 10.5 Å². The van der Waals surface area contributed by atoms with Gasteiger partial charge >= 0.3 is 0 Å². The fourth-order valence-corrected chi connectivity index (χ4v) is 1.57. The van der Waals surface area contributed by atoms with Crippen LogP contribution in [0.2, 0.25) is 0 Å². The maximum Gasteiger partial charge on any atom is 0.164 e. The van der Waals surface area contributed by atoms with Crippen LogP contribution in [0.1, 0.15) is 24.4 Å². The zero-order valence-electron chi connectivity index (χ0n) is 10.3. The van der Waals surface area contributed by atoms with Crippen LogP contribution in [0.4, 0.5) is 4.39 Å². The number of hydrogen-bond acceptors (Lipinski definition) is 4. The molecule has 0 aliphatic heterocycles. The van der Waals surface area contributed by atoms with E-state index in [2.05, 4.69) is 10.1 Å². The largest absolute Gasteiger partial charge is 0.486 e. The fourth-order valence-electron chi connectivity index (χ4n) is 1.57. The molecule has 6 heteroatoms. The average Bonchev–Trinajstić information content (AvgIpc) is 2.72. The zero-order valence-corrected chi connectivity index (χ0v) is 10.3. The lowest BCUT2D eigenvalue weighted by atomic mass is 10.1. The van der Waals surface area contributed by atoms with Crippen LogP contribution in [0.25, 0.3) is 0 Å². The number of ether oxygens (including phenoxy) is 1. The quantitative estimate of drug-likeness (QED) is 0.894. The number of aryl methyl sites for hydroxylation is 1. The smallest absolute Gasteiger partial charge is 0.164 e. The predicted octanol–water partition coefficient (Wildman–Crippen LogP) is 1.55. The van der Waals surface area contributed by atoms with Gasteiger partial charge in [-0.2, -0.15) is 5.10 Å². The molecule has 0 amide bonds. The van der Waals surface area contributed by atoms with Crippen LogP contribution in [0.15, 0.2) is 24.5 Å². The number of hydrogen-bond donors (Lipinski definition) is 1. The van der Waals surface area contributed by atoms with Gasteiger partial charge in [-0.3, -0.25) is 4.68 Å². The highest BCUT2D eigenvalue weighted by atomic mass is 19.1. The van der Waals surface area contributed by atoms with Gasteiger partial charge < -0.3 is 10.5 Å². The molecule has 2 aromatic rings. The molecule has 0 aliphatic rings. The Labute approximate surface area is 104 Å². The lowest BCUT2D eigenvalue weighted by molar-refractivity contribution is 0.288. The van der Waals surface area contributed by atoms with Crippen LogP contribution in [0, 0.1) is 5.82 Å². The van der Waals surface area contributed by atoms with Crippen molar-refractivity contribution < 1.29 is 9.13 Å². The van der Waals surface area contributed by atoms with Crippen LogP contribution in [-0.4, -0.2) is 14.8 Å². The van der Waals surface area contributed by atoms with Crippen molar-refractivity contribution >= 4 is 0 Å². The van der Waals surface area contributed by atoms with Crippen LogP contribution in [-0.2, 0) is 13.7 Å². The molecule has 0 saturated heterocycles. The summed E-state index contributed by atoms with van der Waals surface area (Å²) in [6, 6.07) is 4.32. The molecule has 2 N–H and O–H groups in total. The van der Waals surface area contributed by atoms with Crippen molar-refractivity contribution in [2.45, 2.75) is 19.6 Å². The minimum absolute atomic E-state index is 0.244. The molecule has 1 aromatic carbocycles. The van der Waals surface area contributed by atoms with Gasteiger partial charge in [0.05, 0.1) is 0 Å². The normalized spacial score (nSPS) is 12.4. The Hall–Kier alpha value is -1.95. The Bertz CT molecular complexity index is 539. The van der Waals surface area contributed by atoms with Crippen molar-refractivity contribution in [2.24, 2.45) is 12.8 Å². The van der Waals surface area contributed by atoms with E-state index >= 15 is 0 Å². The van der Waals surface area contributed by atoms with E-state index in [0.717, 1.165) is 0 Å². The molecule has 1 atom stereocenters. The standard InChI is InChI=1S/C12H15FN4O/c1-8(14)10-4-3-9(5-11(10)13)18-6-12-15-7-16-17(12)2/h3-5,7-8H,6,14H2,1-2H3/t8-/m0/s1. The second-order valence-corrected chi connectivity index (χ2v) is 4.06. The number of aromatic nitrogens is 3. The second kappa shape index (κ2) is 5.14. The summed E-state index contributed by atoms with van der Waals surface area (Å²) in [4.78, 5) is 4.01. The lowest BCUT2D eigenvalue weighted by Crippen LogP contribution is -2.08. The molecule has 0 saturated carbocycles. The molecule has 0 aliphatic carbocycles. The maximum absolute atomic E-state index is 13.7. The summed E-state index contributed by atoms with van der Waals surface area (Å²) in [6.07, 6.45) is 1.44. The zero-order chi connectivity index (χ0) is 13.1. The molecule has 1 aromatic heterocycles. The molecule has 18 heavy (non-hydrogen) atoms. The second-order valence-electron chi connectivity index (χ2n) is 4.06. The number of nitrogens with zero attached hydrogens (tertiary/aromatic N) is 3. The molecule has 0 radical (unpaired) electrons. The minimum atomic E-state index is -0.361. The molecule has 0 bridgehead atoms. The lowest BCUT2D eigenvalue weighted by Gasteiger charge is -2.10. The van der Waals surface area contributed by atoms with E-state index in [1.54, 1.807) is 30.8 Å². The molecule has 2 rings (SSSR count). The van der Waals surface area contributed by atoms with Gasteiger partial charge in [0.25, 0.3) is 0 Å². The van der Waals surface area contributed by atoms with E-state index in [1.165, 1.54) is 12.4 Å². The predicted molar refractivity (Wildman–Crippen MR) is 64.3 cm³/mol. The third-order valence-electron chi connectivity index (χ3n) is 2.64. The molecule has 1 heterocycles. The Balaban J connectivity index is 2.07. The molecular formula is C12H15FN4O. The molecule has 0 unspecified atom stereocenters. The van der Waals surface area contributed by atoms with E-state index in [9.17, 15) is 4.39 Å². The van der Waals surface area contributed by atoms with Crippen molar-refractivity contribution in [3.8, 4) is 5.75 Å². The van der Waals surface area contributed by atoms with Crippen LogP contribution >= 0.6 is 0 Å². The molecule has 0 fully saturated rings. The molecule has 0 spiro atoms. The van der Waals surface area contributed by atoms with Crippen molar-refractivity contribution in [3.05, 3.63) is 41.7 Å². The first-order chi connectivity index (χ1) is 8.58. The monoisotopic (exact) mass is 250 g/mol. The third-order valence-corrected chi connectivity index (χ3v) is 2.64. The number of halogens is 1. The van der Waals surface area contributed by atoms with Gasteiger partial charge in [-0.25, -0.2) is 9.37 Å².